The van der Waals surface area contributed by atoms with Crippen molar-refractivity contribution in [2.24, 2.45) is 0 Å². The van der Waals surface area contributed by atoms with E-state index in [1.165, 1.54) is 6.07 Å². The van der Waals surface area contributed by atoms with Crippen LogP contribution in [-0.4, -0.2) is 27.9 Å². The second-order valence-electron chi connectivity index (χ2n) is 13.5. The molecule has 0 bridgehead atoms. The molecule has 0 aliphatic rings. The Labute approximate surface area is 263 Å². The summed E-state index contributed by atoms with van der Waals surface area (Å²) in [6, 6.07) is 29.4. The normalized spacial score (nSPS) is 12.8. The van der Waals surface area contributed by atoms with Crippen LogP contribution >= 0.6 is 10.3 Å². The molecular weight excluding hydrogens is 572 g/mol. The zero-order valence-electron chi connectivity index (χ0n) is 27.1. The van der Waals surface area contributed by atoms with Crippen LogP contribution in [0.3, 0.4) is 0 Å². The highest BCUT2D eigenvalue weighted by Crippen LogP contribution is 2.70. The average molecular weight is 617 g/mol. The predicted molar refractivity (Wildman–Crippen MR) is 176 cm³/mol. The third kappa shape index (κ3) is 8.29. The van der Waals surface area contributed by atoms with E-state index in [1.54, 1.807) is 18.2 Å². The molecule has 0 saturated heterocycles. The van der Waals surface area contributed by atoms with E-state index in [0.717, 1.165) is 14.7 Å². The van der Waals surface area contributed by atoms with Crippen LogP contribution in [0.15, 0.2) is 112 Å². The molecule has 0 aromatic heterocycles. The molecule has 44 heavy (non-hydrogen) atoms. The lowest BCUT2D eigenvalue weighted by Crippen LogP contribution is -2.23. The highest BCUT2D eigenvalue weighted by atomic mass is 32.3. The van der Waals surface area contributed by atoms with Crippen LogP contribution in [0.2, 0.25) is 0 Å². The molecular formula is C37H44O6S. The first kappa shape index (κ1) is 32.8. The summed E-state index contributed by atoms with van der Waals surface area (Å²) in [4.78, 5) is 16.3. The summed E-state index contributed by atoms with van der Waals surface area (Å²) < 4.78 is 25.0. The van der Waals surface area contributed by atoms with E-state index >= 15 is 0 Å². The first-order valence-corrected chi connectivity index (χ1v) is 16.2. The Balaban J connectivity index is 1.94. The van der Waals surface area contributed by atoms with Gasteiger partial charge in [0.05, 0.1) is 0 Å². The van der Waals surface area contributed by atoms with Gasteiger partial charge in [0.2, 0.25) is 0 Å². The van der Waals surface area contributed by atoms with Crippen molar-refractivity contribution in [1.29, 1.82) is 0 Å². The summed E-state index contributed by atoms with van der Waals surface area (Å²) in [6.45, 7) is 17.9. The number of rotatable bonds is 8. The molecule has 1 N–H and O–H groups in total. The Morgan fingerprint density at radius 3 is 1.14 bits per heavy atom. The fraction of sp³-hybridized carbons (Fsp3) is 0.324. The third-order valence-electron chi connectivity index (χ3n) is 6.06. The van der Waals surface area contributed by atoms with Crippen molar-refractivity contribution in [3.8, 4) is 23.0 Å². The van der Waals surface area contributed by atoms with Gasteiger partial charge in [-0.3, -0.25) is 0 Å². The minimum Gasteiger partial charge on any atom is -0.507 e. The molecule has 0 fully saturated rings. The number of carbonyl (C=O) groups is 1. The maximum atomic E-state index is 13.9. The second-order valence-corrected chi connectivity index (χ2v) is 16.2. The number of phenolic OH excluding ortho intramolecular Hbond substituents is 1. The summed E-state index contributed by atoms with van der Waals surface area (Å²) >= 11 is 0. The second kappa shape index (κ2) is 12.5. The number of phenols is 1. The number of hydrogen-bond donors (Lipinski definition) is 1. The summed E-state index contributed by atoms with van der Waals surface area (Å²) in [6.07, 6.45) is 0. The largest absolute Gasteiger partial charge is 0.507 e. The number of aromatic hydroxyl groups is 1. The molecule has 0 aliphatic heterocycles. The van der Waals surface area contributed by atoms with Crippen LogP contribution in [0, 0.1) is 0 Å². The lowest BCUT2D eigenvalue weighted by Gasteiger charge is -2.40. The van der Waals surface area contributed by atoms with E-state index in [9.17, 15) is 9.90 Å². The minimum absolute atomic E-state index is 0.0810. The average Bonchev–Trinajstić information content (AvgIpc) is 2.91. The predicted octanol–water partition coefficient (Wildman–Crippen LogP) is 9.98. The smallest absolute Gasteiger partial charge is 0.353 e. The van der Waals surface area contributed by atoms with E-state index in [4.69, 9.17) is 18.4 Å². The minimum atomic E-state index is -2.71. The molecule has 0 unspecified atom stereocenters. The quantitative estimate of drug-likeness (QED) is 0.212. The van der Waals surface area contributed by atoms with E-state index in [1.807, 2.05) is 135 Å². The van der Waals surface area contributed by atoms with Crippen molar-refractivity contribution in [2.45, 2.75) is 93.8 Å². The van der Waals surface area contributed by atoms with Crippen LogP contribution in [0.4, 0.5) is 0 Å². The fourth-order valence-electron chi connectivity index (χ4n) is 4.52. The number of ether oxygens (including phenoxy) is 3. The molecule has 0 radical (unpaired) electrons. The topological polar surface area (TPSA) is 74.2 Å². The Kier molecular flexibility index (Phi) is 9.31. The van der Waals surface area contributed by atoms with Crippen LogP contribution in [0.5, 0.6) is 23.0 Å². The van der Waals surface area contributed by atoms with Gasteiger partial charge in [0.15, 0.2) is 0 Å². The highest BCUT2D eigenvalue weighted by Gasteiger charge is 2.37. The summed E-state index contributed by atoms with van der Waals surface area (Å²) in [5.74, 6) is 1.30. The molecule has 0 saturated carbocycles. The van der Waals surface area contributed by atoms with Gasteiger partial charge in [0, 0.05) is 14.7 Å². The molecule has 0 heterocycles. The Hall–Kier alpha value is -4.10. The molecule has 4 aromatic rings. The van der Waals surface area contributed by atoms with Crippen molar-refractivity contribution < 1.29 is 28.3 Å². The van der Waals surface area contributed by atoms with Gasteiger partial charge in [-0.1, -0.05) is 12.1 Å². The first-order chi connectivity index (χ1) is 20.5. The third-order valence-corrected chi connectivity index (χ3v) is 9.27. The standard InChI is InChI=1S/C37H44O6S/c1-35(2,3)40-26-14-20-29(21-15-26)44(43-34(39)32-12-10-11-13-33(32)38,30-22-16-27(17-23-30)41-36(4,5)6)31-24-18-28(19-25-31)42-37(7,8)9/h10-25,38H,1-9H3. The summed E-state index contributed by atoms with van der Waals surface area (Å²) in [7, 11) is -2.71. The summed E-state index contributed by atoms with van der Waals surface area (Å²) in [5, 5.41) is 10.6. The number of para-hydroxylation sites is 1. The molecule has 6 nitrogen and oxygen atoms in total. The van der Waals surface area contributed by atoms with E-state index in [0.29, 0.717) is 17.2 Å². The lowest BCUT2D eigenvalue weighted by atomic mass is 10.2. The van der Waals surface area contributed by atoms with Crippen molar-refractivity contribution in [3.63, 3.8) is 0 Å². The van der Waals surface area contributed by atoms with Crippen molar-refractivity contribution >= 4 is 16.3 Å². The Bertz CT molecular complexity index is 1410. The van der Waals surface area contributed by atoms with Crippen molar-refractivity contribution in [1.82, 2.24) is 0 Å². The van der Waals surface area contributed by atoms with E-state index < -0.39 is 16.3 Å². The molecule has 7 heteroatoms. The molecule has 0 spiro atoms. The van der Waals surface area contributed by atoms with Gasteiger partial charge in [0.1, 0.15) is 45.4 Å². The molecule has 0 aliphatic carbocycles. The van der Waals surface area contributed by atoms with Crippen LogP contribution < -0.4 is 14.2 Å². The van der Waals surface area contributed by atoms with Gasteiger partial charge in [-0.15, -0.1) is 0 Å². The number of benzene rings is 4. The van der Waals surface area contributed by atoms with Crippen LogP contribution in [0.1, 0.15) is 72.7 Å². The van der Waals surface area contributed by atoms with Gasteiger partial charge in [-0.25, -0.2) is 4.79 Å². The van der Waals surface area contributed by atoms with E-state index in [-0.39, 0.29) is 28.1 Å². The molecule has 4 aromatic carbocycles. The van der Waals surface area contributed by atoms with Gasteiger partial charge in [0.25, 0.3) is 0 Å². The molecule has 0 amide bonds. The Morgan fingerprint density at radius 2 is 0.841 bits per heavy atom. The molecule has 234 valence electrons. The summed E-state index contributed by atoms with van der Waals surface area (Å²) in [5.41, 5.74) is -1.06. The maximum absolute atomic E-state index is 13.9. The van der Waals surface area contributed by atoms with Gasteiger partial charge < -0.3 is 23.5 Å². The van der Waals surface area contributed by atoms with Gasteiger partial charge in [-0.2, -0.15) is 0 Å². The van der Waals surface area contributed by atoms with Gasteiger partial charge >= 0.3 is 5.97 Å². The monoisotopic (exact) mass is 616 g/mol. The van der Waals surface area contributed by atoms with Crippen molar-refractivity contribution in [2.75, 3.05) is 0 Å². The van der Waals surface area contributed by atoms with Gasteiger partial charge in [-0.05, 0) is 158 Å². The van der Waals surface area contributed by atoms with Crippen LogP contribution in [0.25, 0.3) is 0 Å². The first-order valence-electron chi connectivity index (χ1n) is 14.7. The molecule has 0 atom stereocenters. The molecule has 4 rings (SSSR count). The maximum Gasteiger partial charge on any atom is 0.353 e. The van der Waals surface area contributed by atoms with Crippen molar-refractivity contribution in [3.05, 3.63) is 103 Å². The fourth-order valence-corrected chi connectivity index (χ4v) is 7.50. The lowest BCUT2D eigenvalue weighted by molar-refractivity contribution is 0.0754. The van der Waals surface area contributed by atoms with E-state index in [2.05, 4.69) is 0 Å². The zero-order valence-corrected chi connectivity index (χ0v) is 28.0. The Morgan fingerprint density at radius 1 is 0.523 bits per heavy atom. The SMILES string of the molecule is CC(C)(C)Oc1ccc(S(OC(=O)c2ccccc2O)(c2ccc(OC(C)(C)C)cc2)c2ccc(OC(C)(C)C)cc2)cc1. The van der Waals surface area contributed by atoms with Crippen LogP contribution in [-0.2, 0) is 4.18 Å². The highest BCUT2D eigenvalue weighted by molar-refractivity contribution is 8.30. The number of hydrogen-bond acceptors (Lipinski definition) is 6. The zero-order chi connectivity index (χ0) is 32.3. The number of carbonyl (C=O) groups excluding carboxylic acids is 1.